The van der Waals surface area contributed by atoms with Gasteiger partial charge in [0.25, 0.3) is 0 Å². The van der Waals surface area contributed by atoms with Crippen molar-refractivity contribution in [3.05, 3.63) is 33.9 Å². The van der Waals surface area contributed by atoms with E-state index in [1.807, 2.05) is 13.0 Å². The number of phenolic OH excluding ortho intramolecular Hbond substituents is 1. The summed E-state index contributed by atoms with van der Waals surface area (Å²) in [6, 6.07) is -1.13. The highest BCUT2D eigenvalue weighted by atomic mass is 16.5. The number of fused-ring (bicyclic) bond motifs is 1. The number of carbonyl (C=O) groups is 4. The summed E-state index contributed by atoms with van der Waals surface area (Å²) in [5.41, 5.74) is 2.81. The third-order valence-electron chi connectivity index (χ3n) is 5.47. The molecule has 2 rings (SSSR count). The van der Waals surface area contributed by atoms with E-state index in [1.54, 1.807) is 6.92 Å². The molecule has 1 aromatic carbocycles. The average Bonchev–Trinajstić information content (AvgIpc) is 3.19. The molecule has 2 N–H and O–H groups in total. The maximum absolute atomic E-state index is 12.3. The Morgan fingerprint density at radius 1 is 1.18 bits per heavy atom. The zero-order valence-corrected chi connectivity index (χ0v) is 19.4. The average molecular weight is 463 g/mol. The van der Waals surface area contributed by atoms with Gasteiger partial charge in [0.1, 0.15) is 29.7 Å². The molecule has 0 unspecified atom stereocenters. The van der Waals surface area contributed by atoms with Crippen LogP contribution >= 0.6 is 0 Å². The Bertz CT molecular complexity index is 981. The Morgan fingerprint density at radius 3 is 2.48 bits per heavy atom. The molecule has 0 radical (unpaired) electrons. The number of nitrogens with one attached hydrogen (secondary N) is 1. The predicted octanol–water partition coefficient (Wildman–Crippen LogP) is 1.87. The number of hydrogen-bond acceptors (Lipinski definition) is 9. The van der Waals surface area contributed by atoms with Crippen LogP contribution < -0.4 is 10.1 Å². The lowest BCUT2D eigenvalue weighted by Crippen LogP contribution is -2.43. The van der Waals surface area contributed by atoms with Gasteiger partial charge in [0.05, 0.1) is 27.8 Å². The molecule has 0 saturated carbocycles. The van der Waals surface area contributed by atoms with Gasteiger partial charge in [-0.15, -0.1) is 0 Å². The van der Waals surface area contributed by atoms with Crippen LogP contribution in [0.3, 0.4) is 0 Å². The van der Waals surface area contributed by atoms with Crippen LogP contribution in [0, 0.1) is 6.92 Å². The molecule has 0 fully saturated rings. The topological polar surface area (TPSA) is 137 Å². The summed E-state index contributed by atoms with van der Waals surface area (Å²) < 4.78 is 19.7. The number of aromatic hydroxyl groups is 1. The largest absolute Gasteiger partial charge is 0.507 e. The lowest BCUT2D eigenvalue weighted by Gasteiger charge is -2.16. The van der Waals surface area contributed by atoms with Crippen molar-refractivity contribution in [2.75, 3.05) is 21.3 Å². The highest BCUT2D eigenvalue weighted by Gasteiger charge is 2.32. The van der Waals surface area contributed by atoms with E-state index in [0.717, 1.165) is 18.2 Å². The number of carbonyl (C=O) groups excluding carboxylic acids is 4. The molecule has 1 heterocycles. The van der Waals surface area contributed by atoms with Crippen LogP contribution in [-0.4, -0.2) is 56.3 Å². The number of esters is 3. The number of phenols is 1. The Balaban J connectivity index is 2.06. The highest BCUT2D eigenvalue weighted by molar-refractivity contribution is 5.98. The fourth-order valence-electron chi connectivity index (χ4n) is 3.57. The molecule has 1 aliphatic heterocycles. The molecule has 33 heavy (non-hydrogen) atoms. The summed E-state index contributed by atoms with van der Waals surface area (Å²) in [7, 11) is 3.84. The van der Waals surface area contributed by atoms with Gasteiger partial charge in [0.2, 0.25) is 5.91 Å². The summed E-state index contributed by atoms with van der Waals surface area (Å²) in [6.07, 6.45) is 2.20. The quantitative estimate of drug-likeness (QED) is 0.302. The van der Waals surface area contributed by atoms with E-state index in [9.17, 15) is 24.3 Å². The molecule has 1 aliphatic rings. The Kier molecular flexibility index (Phi) is 8.84. The molecular formula is C23H29NO9. The van der Waals surface area contributed by atoms with Crippen molar-refractivity contribution in [2.45, 2.75) is 52.2 Å². The number of ether oxygens (including phenoxy) is 4. The summed E-state index contributed by atoms with van der Waals surface area (Å²) in [6.45, 7) is 3.71. The molecule has 0 spiro atoms. The SMILES string of the molecule is COC(=O)C[C@H](NC(=O)CC/C(C)=C/Cc1c(O)c2c(c(C)c1OC)COC2=O)C(=O)OC. The fraction of sp³-hybridized carbons (Fsp3) is 0.478. The number of amides is 1. The minimum absolute atomic E-state index is 0.0651. The van der Waals surface area contributed by atoms with Gasteiger partial charge in [-0.1, -0.05) is 11.6 Å². The molecule has 10 heteroatoms. The lowest BCUT2D eigenvalue weighted by atomic mass is 9.94. The monoisotopic (exact) mass is 463 g/mol. The summed E-state index contributed by atoms with van der Waals surface area (Å²) in [4.78, 5) is 47.5. The molecule has 1 aromatic rings. The minimum Gasteiger partial charge on any atom is -0.507 e. The van der Waals surface area contributed by atoms with E-state index in [1.165, 1.54) is 14.2 Å². The standard InChI is InChI=1S/C23H29NO9/c1-12(7-9-17(25)24-16(22(28)32-5)10-18(26)30-3)6-8-14-20(27)19-15(11-33-23(19)29)13(2)21(14)31-4/h6,16,27H,7-11H2,1-5H3,(H,24,25)/b12-6+/t16-/m0/s1. The Morgan fingerprint density at radius 2 is 1.88 bits per heavy atom. The van der Waals surface area contributed by atoms with Gasteiger partial charge in [0, 0.05) is 17.5 Å². The summed E-state index contributed by atoms with van der Waals surface area (Å²) in [5, 5.41) is 13.1. The van der Waals surface area contributed by atoms with Gasteiger partial charge in [-0.2, -0.15) is 0 Å². The second kappa shape index (κ2) is 11.3. The summed E-state index contributed by atoms with van der Waals surface area (Å²) in [5.74, 6) is -2.08. The minimum atomic E-state index is -1.13. The van der Waals surface area contributed by atoms with Crippen LogP contribution in [0.4, 0.5) is 0 Å². The first-order chi connectivity index (χ1) is 15.6. The molecule has 0 bridgehead atoms. The van der Waals surface area contributed by atoms with Crippen molar-refractivity contribution in [3.63, 3.8) is 0 Å². The van der Waals surface area contributed by atoms with Crippen molar-refractivity contribution >= 4 is 23.8 Å². The van der Waals surface area contributed by atoms with E-state index >= 15 is 0 Å². The van der Waals surface area contributed by atoms with Gasteiger partial charge in [-0.3, -0.25) is 9.59 Å². The lowest BCUT2D eigenvalue weighted by molar-refractivity contribution is -0.150. The molecule has 0 saturated heterocycles. The van der Waals surface area contributed by atoms with E-state index in [2.05, 4.69) is 14.8 Å². The first kappa shape index (κ1) is 25.7. The van der Waals surface area contributed by atoms with Gasteiger partial charge in [-0.25, -0.2) is 9.59 Å². The normalized spacial score (nSPS) is 13.6. The number of rotatable bonds is 10. The molecule has 180 valence electrons. The first-order valence-electron chi connectivity index (χ1n) is 10.3. The van der Waals surface area contributed by atoms with Crippen LogP contribution in [0.25, 0.3) is 0 Å². The summed E-state index contributed by atoms with van der Waals surface area (Å²) >= 11 is 0. The van der Waals surface area contributed by atoms with Crippen LogP contribution in [0.1, 0.15) is 53.2 Å². The first-order valence-corrected chi connectivity index (χ1v) is 10.3. The van der Waals surface area contributed by atoms with Crippen LogP contribution in [0.5, 0.6) is 11.5 Å². The number of cyclic esters (lactones) is 1. The number of benzene rings is 1. The third-order valence-corrected chi connectivity index (χ3v) is 5.47. The van der Waals surface area contributed by atoms with Crippen molar-refractivity contribution in [1.82, 2.24) is 5.32 Å². The Hall–Kier alpha value is -3.56. The Labute approximate surface area is 191 Å². The van der Waals surface area contributed by atoms with Crippen molar-refractivity contribution in [1.29, 1.82) is 0 Å². The molecule has 0 aliphatic carbocycles. The van der Waals surface area contributed by atoms with Gasteiger partial charge in [0.15, 0.2) is 0 Å². The fourth-order valence-corrected chi connectivity index (χ4v) is 3.57. The molecule has 1 amide bonds. The highest BCUT2D eigenvalue weighted by Crippen LogP contribution is 2.42. The van der Waals surface area contributed by atoms with E-state index in [4.69, 9.17) is 9.47 Å². The second-order valence-corrected chi connectivity index (χ2v) is 7.59. The van der Waals surface area contributed by atoms with Gasteiger partial charge >= 0.3 is 17.9 Å². The van der Waals surface area contributed by atoms with Crippen LogP contribution in [0.15, 0.2) is 11.6 Å². The third kappa shape index (κ3) is 6.03. The molecular weight excluding hydrogens is 434 g/mol. The van der Waals surface area contributed by atoms with Crippen molar-refractivity contribution < 1.29 is 43.2 Å². The van der Waals surface area contributed by atoms with Crippen LogP contribution in [0.2, 0.25) is 0 Å². The molecule has 1 atom stereocenters. The zero-order chi connectivity index (χ0) is 24.7. The second-order valence-electron chi connectivity index (χ2n) is 7.59. The van der Waals surface area contributed by atoms with Crippen molar-refractivity contribution in [3.8, 4) is 11.5 Å². The van der Waals surface area contributed by atoms with Gasteiger partial charge in [-0.05, 0) is 32.3 Å². The van der Waals surface area contributed by atoms with E-state index in [-0.39, 0.29) is 37.2 Å². The predicted molar refractivity (Wildman–Crippen MR) is 116 cm³/mol. The smallest absolute Gasteiger partial charge is 0.342 e. The molecule has 0 aromatic heterocycles. The number of hydrogen-bond donors (Lipinski definition) is 2. The van der Waals surface area contributed by atoms with E-state index < -0.39 is 29.9 Å². The van der Waals surface area contributed by atoms with Crippen molar-refractivity contribution in [2.24, 2.45) is 0 Å². The van der Waals surface area contributed by atoms with Gasteiger partial charge < -0.3 is 29.4 Å². The van der Waals surface area contributed by atoms with Crippen LogP contribution in [-0.2, 0) is 41.6 Å². The molecule has 10 nitrogen and oxygen atoms in total. The maximum atomic E-state index is 12.3. The number of methoxy groups -OCH3 is 3. The zero-order valence-electron chi connectivity index (χ0n) is 19.4. The number of allylic oxidation sites excluding steroid dienone is 2. The van der Waals surface area contributed by atoms with E-state index in [0.29, 0.717) is 23.3 Å². The maximum Gasteiger partial charge on any atom is 0.342 e.